The van der Waals surface area contributed by atoms with Crippen molar-refractivity contribution in [1.82, 2.24) is 15.2 Å². The summed E-state index contributed by atoms with van der Waals surface area (Å²) in [6.07, 6.45) is 6.18. The van der Waals surface area contributed by atoms with Gasteiger partial charge in [0.1, 0.15) is 0 Å². The lowest BCUT2D eigenvalue weighted by atomic mass is 10.1. The van der Waals surface area contributed by atoms with Crippen molar-refractivity contribution in [3.05, 3.63) is 120 Å². The first-order valence-corrected chi connectivity index (χ1v) is 13.7. The number of hydrogen-bond acceptors (Lipinski definition) is 7. The van der Waals surface area contributed by atoms with Gasteiger partial charge in [0, 0.05) is 24.0 Å². The zero-order valence-corrected chi connectivity index (χ0v) is 21.8. The van der Waals surface area contributed by atoms with Crippen LogP contribution in [0.2, 0.25) is 0 Å². The zero-order valence-electron chi connectivity index (χ0n) is 21.0. The second-order valence-electron chi connectivity index (χ2n) is 8.84. The Morgan fingerprint density at radius 3 is 2.49 bits per heavy atom. The van der Waals surface area contributed by atoms with Crippen molar-refractivity contribution in [3.63, 3.8) is 0 Å². The largest absolute Gasteiger partial charge is 0.416 e. The SMILES string of the molecule is Cc1cccc(CS(=O)(=O)c2cccc(/C=C/C(=O)Nc3ccccc3-c3nnc(-c4ccncc4)o3)c2)c1. The first-order chi connectivity index (χ1) is 18.9. The summed E-state index contributed by atoms with van der Waals surface area (Å²) in [6, 6.07) is 24.5. The van der Waals surface area contributed by atoms with E-state index in [1.165, 1.54) is 6.08 Å². The van der Waals surface area contributed by atoms with Crippen LogP contribution in [0.4, 0.5) is 5.69 Å². The number of pyridine rings is 1. The number of sulfone groups is 1. The number of rotatable bonds is 8. The third-order valence-corrected chi connectivity index (χ3v) is 7.54. The number of para-hydroxylation sites is 1. The third-order valence-electron chi connectivity index (χ3n) is 5.85. The van der Waals surface area contributed by atoms with E-state index in [-0.39, 0.29) is 16.5 Å². The van der Waals surface area contributed by atoms with Gasteiger partial charge in [-0.05, 0) is 60.5 Å². The van der Waals surface area contributed by atoms with Crippen LogP contribution in [-0.2, 0) is 20.4 Å². The lowest BCUT2D eigenvalue weighted by Gasteiger charge is -2.07. The highest BCUT2D eigenvalue weighted by molar-refractivity contribution is 7.90. The summed E-state index contributed by atoms with van der Waals surface area (Å²) >= 11 is 0. The lowest BCUT2D eigenvalue weighted by Crippen LogP contribution is -2.09. The van der Waals surface area contributed by atoms with Crippen LogP contribution in [0.5, 0.6) is 0 Å². The summed E-state index contributed by atoms with van der Waals surface area (Å²) < 4.78 is 31.8. The Hall–Kier alpha value is -4.89. The van der Waals surface area contributed by atoms with Crippen molar-refractivity contribution in [1.29, 1.82) is 0 Å². The zero-order chi connectivity index (χ0) is 27.2. The van der Waals surface area contributed by atoms with Crippen molar-refractivity contribution in [2.24, 2.45) is 0 Å². The van der Waals surface area contributed by atoms with E-state index in [1.807, 2.05) is 25.1 Å². The van der Waals surface area contributed by atoms with Gasteiger partial charge in [-0.1, -0.05) is 54.1 Å². The molecule has 2 heterocycles. The Labute approximate surface area is 226 Å². The number of nitrogens with zero attached hydrogens (tertiary/aromatic N) is 3. The van der Waals surface area contributed by atoms with Gasteiger partial charge in [0.05, 0.1) is 21.9 Å². The van der Waals surface area contributed by atoms with Gasteiger partial charge in [0.15, 0.2) is 9.84 Å². The molecule has 0 aliphatic rings. The van der Waals surface area contributed by atoms with Crippen molar-refractivity contribution < 1.29 is 17.6 Å². The van der Waals surface area contributed by atoms with E-state index in [1.54, 1.807) is 85.2 Å². The second-order valence-corrected chi connectivity index (χ2v) is 10.8. The van der Waals surface area contributed by atoms with Gasteiger partial charge in [-0.15, -0.1) is 10.2 Å². The topological polar surface area (TPSA) is 115 Å². The quantitative estimate of drug-likeness (QED) is 0.252. The molecule has 39 heavy (non-hydrogen) atoms. The van der Waals surface area contributed by atoms with Crippen LogP contribution in [0.15, 0.2) is 113 Å². The number of nitrogens with one attached hydrogen (secondary N) is 1. The highest BCUT2D eigenvalue weighted by Gasteiger charge is 2.17. The molecule has 0 fully saturated rings. The van der Waals surface area contributed by atoms with Crippen LogP contribution in [0.25, 0.3) is 29.0 Å². The number of carbonyl (C=O) groups excluding carboxylic acids is 1. The molecule has 1 amide bonds. The number of benzene rings is 3. The van der Waals surface area contributed by atoms with E-state index in [9.17, 15) is 13.2 Å². The maximum atomic E-state index is 13.0. The molecule has 5 aromatic rings. The minimum Gasteiger partial charge on any atom is -0.416 e. The second kappa shape index (κ2) is 11.2. The molecule has 3 aromatic carbocycles. The summed E-state index contributed by atoms with van der Waals surface area (Å²) in [5.74, 6) is 0.0979. The molecule has 0 aliphatic carbocycles. The molecule has 1 N–H and O–H groups in total. The van der Waals surface area contributed by atoms with E-state index < -0.39 is 15.7 Å². The molecule has 0 aliphatic heterocycles. The monoisotopic (exact) mass is 536 g/mol. The summed E-state index contributed by atoms with van der Waals surface area (Å²) in [7, 11) is -3.56. The fourth-order valence-corrected chi connectivity index (χ4v) is 5.37. The number of carbonyl (C=O) groups is 1. The fourth-order valence-electron chi connectivity index (χ4n) is 3.98. The Morgan fingerprint density at radius 1 is 0.897 bits per heavy atom. The molecule has 2 aromatic heterocycles. The predicted octanol–water partition coefficient (Wildman–Crippen LogP) is 5.73. The average Bonchev–Trinajstić information content (AvgIpc) is 3.43. The number of anilines is 1. The first-order valence-electron chi connectivity index (χ1n) is 12.1. The molecule has 0 atom stereocenters. The molecule has 5 rings (SSSR count). The fraction of sp³-hybridized carbons (Fsp3) is 0.0667. The summed E-state index contributed by atoms with van der Waals surface area (Å²) in [6.45, 7) is 1.92. The molecule has 9 heteroatoms. The van der Waals surface area contributed by atoms with Crippen LogP contribution in [0.3, 0.4) is 0 Å². The maximum absolute atomic E-state index is 13.0. The van der Waals surface area contributed by atoms with E-state index in [0.29, 0.717) is 22.7 Å². The van der Waals surface area contributed by atoms with Crippen molar-refractivity contribution >= 4 is 27.5 Å². The molecular formula is C30H24N4O4S. The molecule has 0 bridgehead atoms. The van der Waals surface area contributed by atoms with Crippen LogP contribution in [-0.4, -0.2) is 29.5 Å². The number of aromatic nitrogens is 3. The third kappa shape index (κ3) is 6.34. The summed E-state index contributed by atoms with van der Waals surface area (Å²) in [5.41, 5.74) is 4.10. The molecular weight excluding hydrogens is 512 g/mol. The van der Waals surface area contributed by atoms with E-state index in [0.717, 1.165) is 16.7 Å². The Morgan fingerprint density at radius 2 is 1.67 bits per heavy atom. The van der Waals surface area contributed by atoms with Gasteiger partial charge < -0.3 is 9.73 Å². The first kappa shape index (κ1) is 25.7. The van der Waals surface area contributed by atoms with Crippen molar-refractivity contribution in [3.8, 4) is 22.9 Å². The van der Waals surface area contributed by atoms with Crippen molar-refractivity contribution in [2.75, 3.05) is 5.32 Å². The predicted molar refractivity (Wildman–Crippen MR) is 149 cm³/mol. The average molecular weight is 537 g/mol. The van der Waals surface area contributed by atoms with Crippen LogP contribution in [0, 0.1) is 6.92 Å². The highest BCUT2D eigenvalue weighted by Crippen LogP contribution is 2.29. The summed E-state index contributed by atoms with van der Waals surface area (Å²) in [5, 5.41) is 11.1. The highest BCUT2D eigenvalue weighted by atomic mass is 32.2. The van der Waals surface area contributed by atoms with E-state index in [2.05, 4.69) is 20.5 Å². The van der Waals surface area contributed by atoms with E-state index in [4.69, 9.17) is 4.42 Å². The molecule has 0 radical (unpaired) electrons. The Balaban J connectivity index is 1.30. The Bertz CT molecular complexity index is 1760. The smallest absolute Gasteiger partial charge is 0.250 e. The number of aryl methyl sites for hydroxylation is 1. The van der Waals surface area contributed by atoms with Gasteiger partial charge in [-0.25, -0.2) is 8.42 Å². The van der Waals surface area contributed by atoms with Gasteiger partial charge in [0.2, 0.25) is 17.7 Å². The van der Waals surface area contributed by atoms with Crippen molar-refractivity contribution in [2.45, 2.75) is 17.6 Å². The molecule has 0 unspecified atom stereocenters. The molecule has 0 saturated heterocycles. The van der Waals surface area contributed by atoms with E-state index >= 15 is 0 Å². The minimum atomic E-state index is -3.56. The van der Waals surface area contributed by atoms with Gasteiger partial charge in [-0.3, -0.25) is 9.78 Å². The number of hydrogen-bond donors (Lipinski definition) is 1. The molecule has 194 valence electrons. The van der Waals surface area contributed by atoms with Gasteiger partial charge in [-0.2, -0.15) is 0 Å². The minimum absolute atomic E-state index is 0.0995. The molecule has 0 saturated carbocycles. The molecule has 8 nitrogen and oxygen atoms in total. The lowest BCUT2D eigenvalue weighted by molar-refractivity contribution is -0.111. The van der Waals surface area contributed by atoms with Gasteiger partial charge in [0.25, 0.3) is 0 Å². The normalized spacial score (nSPS) is 11.5. The Kier molecular flexibility index (Phi) is 7.42. The molecule has 0 spiro atoms. The van der Waals surface area contributed by atoms with Crippen LogP contribution < -0.4 is 5.32 Å². The van der Waals surface area contributed by atoms with Gasteiger partial charge >= 0.3 is 0 Å². The summed E-state index contributed by atoms with van der Waals surface area (Å²) in [4.78, 5) is 16.9. The van der Waals surface area contributed by atoms with Crippen LogP contribution >= 0.6 is 0 Å². The van der Waals surface area contributed by atoms with Crippen LogP contribution in [0.1, 0.15) is 16.7 Å². The number of amides is 1. The maximum Gasteiger partial charge on any atom is 0.250 e. The standard InChI is InChI=1S/C30H24N4O4S/c1-21-6-4-8-23(18-21)20-39(36,37)25-9-5-7-22(19-25)12-13-28(35)32-27-11-3-2-10-26(27)30-34-33-29(38-30)24-14-16-31-17-15-24/h2-19H,20H2,1H3,(H,32,35)/b13-12+.